The van der Waals surface area contributed by atoms with Gasteiger partial charge in [0.25, 0.3) is 0 Å². The van der Waals surface area contributed by atoms with Crippen LogP contribution in [0.5, 0.6) is 5.75 Å². The van der Waals surface area contributed by atoms with Crippen LogP contribution in [0.15, 0.2) is 16.6 Å². The van der Waals surface area contributed by atoms with Gasteiger partial charge in [0, 0.05) is 10.9 Å². The molecule has 1 aromatic rings. The average molecular weight is 325 g/mol. The Balaban J connectivity index is 1.97. The monoisotopic (exact) mass is 324 g/mol. The Bertz CT molecular complexity index is 518. The molecule has 0 saturated heterocycles. The standard InChI is InChI=1S/C15H17BrO3/c16-12-7-10-3-6-19-13(10)11(8-12)9-15(14(17)18)4-1-2-5-15/h7-8H,1-6,9H2,(H,17,18). The number of carbonyl (C=O) groups is 1. The lowest BCUT2D eigenvalue weighted by Crippen LogP contribution is -2.30. The molecule has 0 amide bonds. The van der Waals surface area contributed by atoms with Crippen LogP contribution >= 0.6 is 15.9 Å². The highest BCUT2D eigenvalue weighted by atomic mass is 79.9. The van der Waals surface area contributed by atoms with E-state index < -0.39 is 11.4 Å². The summed E-state index contributed by atoms with van der Waals surface area (Å²) >= 11 is 3.52. The Morgan fingerprint density at radius 3 is 2.79 bits per heavy atom. The number of carboxylic acid groups (broad SMARTS) is 1. The molecule has 1 aliphatic carbocycles. The summed E-state index contributed by atoms with van der Waals surface area (Å²) in [7, 11) is 0. The van der Waals surface area contributed by atoms with Crippen LogP contribution in [0.2, 0.25) is 0 Å². The smallest absolute Gasteiger partial charge is 0.309 e. The zero-order chi connectivity index (χ0) is 13.5. The molecule has 3 rings (SSSR count). The third-order valence-electron chi connectivity index (χ3n) is 4.37. The van der Waals surface area contributed by atoms with Crippen molar-refractivity contribution in [2.24, 2.45) is 5.41 Å². The molecule has 1 N–H and O–H groups in total. The van der Waals surface area contributed by atoms with E-state index in [1.54, 1.807) is 0 Å². The van der Waals surface area contributed by atoms with Gasteiger partial charge in [-0.15, -0.1) is 0 Å². The summed E-state index contributed by atoms with van der Waals surface area (Å²) in [5.41, 5.74) is 1.66. The average Bonchev–Trinajstić information content (AvgIpc) is 2.97. The van der Waals surface area contributed by atoms with Crippen LogP contribution < -0.4 is 4.74 Å². The van der Waals surface area contributed by atoms with E-state index in [0.29, 0.717) is 13.0 Å². The van der Waals surface area contributed by atoms with E-state index >= 15 is 0 Å². The first-order valence-electron chi connectivity index (χ1n) is 6.78. The lowest BCUT2D eigenvalue weighted by molar-refractivity contribution is -0.148. The van der Waals surface area contributed by atoms with Crippen molar-refractivity contribution in [3.63, 3.8) is 0 Å². The number of ether oxygens (including phenoxy) is 1. The molecular formula is C15H17BrO3. The van der Waals surface area contributed by atoms with Crippen LogP contribution in [-0.4, -0.2) is 17.7 Å². The maximum absolute atomic E-state index is 11.7. The molecule has 3 nitrogen and oxygen atoms in total. The third-order valence-corrected chi connectivity index (χ3v) is 4.83. The first kappa shape index (κ1) is 13.0. The van der Waals surface area contributed by atoms with Gasteiger partial charge >= 0.3 is 5.97 Å². The van der Waals surface area contributed by atoms with Crippen LogP contribution in [0, 0.1) is 5.41 Å². The molecule has 1 heterocycles. The molecule has 0 radical (unpaired) electrons. The van der Waals surface area contributed by atoms with E-state index in [4.69, 9.17) is 4.74 Å². The fourth-order valence-corrected chi connectivity index (χ4v) is 3.91. The van der Waals surface area contributed by atoms with E-state index in [2.05, 4.69) is 22.0 Å². The van der Waals surface area contributed by atoms with Crippen molar-refractivity contribution in [3.8, 4) is 5.75 Å². The van der Waals surface area contributed by atoms with Crippen LogP contribution in [0.1, 0.15) is 36.8 Å². The van der Waals surface area contributed by atoms with Crippen molar-refractivity contribution in [3.05, 3.63) is 27.7 Å². The molecular weight excluding hydrogens is 308 g/mol. The van der Waals surface area contributed by atoms with Gasteiger partial charge in [-0.25, -0.2) is 0 Å². The van der Waals surface area contributed by atoms with Crippen LogP contribution in [0.3, 0.4) is 0 Å². The highest BCUT2D eigenvalue weighted by molar-refractivity contribution is 9.10. The molecule has 19 heavy (non-hydrogen) atoms. The zero-order valence-corrected chi connectivity index (χ0v) is 12.3. The van der Waals surface area contributed by atoms with Gasteiger partial charge in [-0.05, 0) is 42.5 Å². The van der Waals surface area contributed by atoms with E-state index in [-0.39, 0.29) is 0 Å². The Morgan fingerprint density at radius 1 is 1.37 bits per heavy atom. The minimum absolute atomic E-state index is 0.583. The summed E-state index contributed by atoms with van der Waals surface area (Å²) in [5.74, 6) is 0.271. The van der Waals surface area contributed by atoms with Crippen molar-refractivity contribution >= 4 is 21.9 Å². The van der Waals surface area contributed by atoms with Crippen molar-refractivity contribution in [1.82, 2.24) is 0 Å². The molecule has 1 fully saturated rings. The summed E-state index contributed by atoms with van der Waals surface area (Å²) in [6.45, 7) is 0.707. The summed E-state index contributed by atoms with van der Waals surface area (Å²) in [6, 6.07) is 4.10. The number of hydrogen-bond acceptors (Lipinski definition) is 2. The largest absolute Gasteiger partial charge is 0.493 e. The summed E-state index contributed by atoms with van der Waals surface area (Å²) in [6.07, 6.45) is 5.10. The van der Waals surface area contributed by atoms with Crippen LogP contribution in [0.4, 0.5) is 0 Å². The SMILES string of the molecule is O=C(O)C1(Cc2cc(Br)cc3c2OCC3)CCCC1. The second-order valence-electron chi connectivity index (χ2n) is 5.62. The minimum atomic E-state index is -0.656. The molecule has 1 saturated carbocycles. The highest BCUT2D eigenvalue weighted by Crippen LogP contribution is 2.44. The highest BCUT2D eigenvalue weighted by Gasteiger charge is 2.42. The zero-order valence-electron chi connectivity index (χ0n) is 10.7. The van der Waals surface area contributed by atoms with E-state index in [1.165, 1.54) is 5.56 Å². The minimum Gasteiger partial charge on any atom is -0.493 e. The summed E-state index contributed by atoms with van der Waals surface area (Å²) in [5, 5.41) is 9.59. The predicted molar refractivity (Wildman–Crippen MR) is 75.6 cm³/mol. The molecule has 0 unspecified atom stereocenters. The Hall–Kier alpha value is -1.03. The van der Waals surface area contributed by atoms with Gasteiger partial charge in [-0.3, -0.25) is 4.79 Å². The van der Waals surface area contributed by atoms with E-state index in [1.807, 2.05) is 6.07 Å². The van der Waals surface area contributed by atoms with Gasteiger partial charge in [0.05, 0.1) is 12.0 Å². The number of rotatable bonds is 3. The number of benzene rings is 1. The number of halogens is 1. The molecule has 0 bridgehead atoms. The fraction of sp³-hybridized carbons (Fsp3) is 0.533. The normalized spacial score (nSPS) is 20.1. The number of hydrogen-bond donors (Lipinski definition) is 1. The lowest BCUT2D eigenvalue weighted by Gasteiger charge is -2.24. The van der Waals surface area contributed by atoms with Gasteiger partial charge in [0.2, 0.25) is 0 Å². The first-order chi connectivity index (χ1) is 9.11. The molecule has 1 aliphatic heterocycles. The van der Waals surface area contributed by atoms with Gasteiger partial charge in [0.15, 0.2) is 0 Å². The Labute approximate surface area is 121 Å². The second kappa shape index (κ2) is 4.82. The van der Waals surface area contributed by atoms with E-state index in [9.17, 15) is 9.90 Å². The maximum atomic E-state index is 11.7. The summed E-state index contributed by atoms with van der Waals surface area (Å²) in [4.78, 5) is 11.7. The van der Waals surface area contributed by atoms with Gasteiger partial charge in [0.1, 0.15) is 5.75 Å². The Morgan fingerprint density at radius 2 is 2.11 bits per heavy atom. The molecule has 1 aromatic carbocycles. The van der Waals surface area contributed by atoms with Crippen LogP contribution in [-0.2, 0) is 17.6 Å². The van der Waals surface area contributed by atoms with Crippen molar-refractivity contribution in [2.75, 3.05) is 6.61 Å². The maximum Gasteiger partial charge on any atom is 0.309 e. The van der Waals surface area contributed by atoms with Gasteiger partial charge < -0.3 is 9.84 Å². The molecule has 4 heteroatoms. The lowest BCUT2D eigenvalue weighted by atomic mass is 9.79. The van der Waals surface area contributed by atoms with Crippen molar-refractivity contribution in [1.29, 1.82) is 0 Å². The quantitative estimate of drug-likeness (QED) is 0.924. The van der Waals surface area contributed by atoms with Crippen molar-refractivity contribution < 1.29 is 14.6 Å². The molecule has 0 atom stereocenters. The first-order valence-corrected chi connectivity index (χ1v) is 7.57. The summed E-state index contributed by atoms with van der Waals surface area (Å²) < 4.78 is 6.72. The third kappa shape index (κ3) is 2.27. The van der Waals surface area contributed by atoms with E-state index in [0.717, 1.165) is 47.9 Å². The van der Waals surface area contributed by atoms with Gasteiger partial charge in [-0.1, -0.05) is 28.8 Å². The fourth-order valence-electron chi connectivity index (χ4n) is 3.36. The predicted octanol–water partition coefficient (Wildman–Crippen LogP) is 3.57. The van der Waals surface area contributed by atoms with Crippen molar-refractivity contribution in [2.45, 2.75) is 38.5 Å². The number of fused-ring (bicyclic) bond motifs is 1. The Kier molecular flexibility index (Phi) is 3.29. The molecule has 102 valence electrons. The number of aliphatic carboxylic acids is 1. The topological polar surface area (TPSA) is 46.5 Å². The molecule has 0 aromatic heterocycles. The van der Waals surface area contributed by atoms with Crippen LogP contribution in [0.25, 0.3) is 0 Å². The molecule has 2 aliphatic rings. The number of carboxylic acids is 1. The van der Waals surface area contributed by atoms with Gasteiger partial charge in [-0.2, -0.15) is 0 Å². The second-order valence-corrected chi connectivity index (χ2v) is 6.54. The molecule has 0 spiro atoms.